The first-order valence-corrected chi connectivity index (χ1v) is 7.70. The summed E-state index contributed by atoms with van der Waals surface area (Å²) >= 11 is 1.61. The number of rotatable bonds is 3. The molecule has 21 heavy (non-hydrogen) atoms. The molecule has 0 unspecified atom stereocenters. The maximum absolute atomic E-state index is 12.2. The van der Waals surface area contributed by atoms with Crippen LogP contribution in [-0.4, -0.2) is 46.5 Å². The zero-order valence-corrected chi connectivity index (χ0v) is 12.3. The molecule has 2 aromatic rings. The lowest BCUT2D eigenvalue weighted by Gasteiger charge is -2.34. The normalized spacial score (nSPS) is 15.2. The molecule has 0 atom stereocenters. The van der Waals surface area contributed by atoms with Crippen molar-refractivity contribution in [1.82, 2.24) is 14.5 Å². The lowest BCUT2D eigenvalue weighted by molar-refractivity contribution is -0.132. The van der Waals surface area contributed by atoms with Crippen LogP contribution in [0.1, 0.15) is 0 Å². The van der Waals surface area contributed by atoms with Gasteiger partial charge in [0.05, 0.1) is 0 Å². The molecule has 0 aliphatic carbocycles. The number of amides is 1. The van der Waals surface area contributed by atoms with E-state index in [2.05, 4.69) is 9.88 Å². The number of carbonyl (C=O) groups excluding carboxylic acids is 1. The second-order valence-corrected chi connectivity index (χ2v) is 5.72. The van der Waals surface area contributed by atoms with Gasteiger partial charge in [0, 0.05) is 50.0 Å². The Hall–Kier alpha value is -2.15. The van der Waals surface area contributed by atoms with Gasteiger partial charge in [0.2, 0.25) is 5.91 Å². The third-order valence-electron chi connectivity index (χ3n) is 3.53. The van der Waals surface area contributed by atoms with Crippen molar-refractivity contribution in [3.63, 3.8) is 0 Å². The van der Waals surface area contributed by atoms with Gasteiger partial charge in [0.1, 0.15) is 6.54 Å². The maximum atomic E-state index is 12.2. The monoisotopic (exact) mass is 304 g/mol. The van der Waals surface area contributed by atoms with Gasteiger partial charge in [-0.3, -0.25) is 9.59 Å². The van der Waals surface area contributed by atoms with E-state index in [1.165, 1.54) is 10.6 Å². The van der Waals surface area contributed by atoms with Gasteiger partial charge in [0.15, 0.2) is 5.13 Å². The molecule has 0 saturated carbocycles. The maximum Gasteiger partial charge on any atom is 0.250 e. The van der Waals surface area contributed by atoms with E-state index in [-0.39, 0.29) is 18.0 Å². The minimum absolute atomic E-state index is 0.0120. The molecule has 1 amide bonds. The van der Waals surface area contributed by atoms with Crippen LogP contribution in [0.3, 0.4) is 0 Å². The van der Waals surface area contributed by atoms with Crippen LogP contribution >= 0.6 is 11.3 Å². The Bertz CT molecular complexity index is 660. The molecule has 0 N–H and O–H groups in total. The molecule has 0 radical (unpaired) electrons. The Labute approximate surface area is 126 Å². The Kier molecular flexibility index (Phi) is 4.01. The van der Waals surface area contributed by atoms with Crippen molar-refractivity contribution in [2.45, 2.75) is 6.54 Å². The van der Waals surface area contributed by atoms with E-state index in [4.69, 9.17) is 0 Å². The number of piperazine rings is 1. The molecular weight excluding hydrogens is 288 g/mol. The van der Waals surface area contributed by atoms with Gasteiger partial charge in [0.25, 0.3) is 5.56 Å². The molecule has 1 fully saturated rings. The van der Waals surface area contributed by atoms with E-state index in [0.717, 1.165) is 18.2 Å². The molecule has 1 aliphatic rings. The van der Waals surface area contributed by atoms with Crippen LogP contribution in [0.2, 0.25) is 0 Å². The fraction of sp³-hybridized carbons (Fsp3) is 0.357. The highest BCUT2D eigenvalue weighted by atomic mass is 32.1. The van der Waals surface area contributed by atoms with Crippen molar-refractivity contribution >= 4 is 22.4 Å². The van der Waals surface area contributed by atoms with Crippen LogP contribution in [0.25, 0.3) is 0 Å². The molecule has 7 heteroatoms. The summed E-state index contributed by atoms with van der Waals surface area (Å²) in [5, 5.41) is 2.95. The van der Waals surface area contributed by atoms with E-state index in [9.17, 15) is 9.59 Å². The number of carbonyl (C=O) groups is 1. The zero-order chi connectivity index (χ0) is 14.7. The van der Waals surface area contributed by atoms with E-state index >= 15 is 0 Å². The van der Waals surface area contributed by atoms with Crippen LogP contribution in [0.5, 0.6) is 0 Å². The summed E-state index contributed by atoms with van der Waals surface area (Å²) in [7, 11) is 0. The molecule has 2 aromatic heterocycles. The molecule has 3 heterocycles. The molecule has 110 valence electrons. The topological polar surface area (TPSA) is 58.4 Å². The van der Waals surface area contributed by atoms with E-state index in [1.54, 1.807) is 35.9 Å². The first kappa shape index (κ1) is 13.8. The first-order valence-electron chi connectivity index (χ1n) is 6.82. The quantitative estimate of drug-likeness (QED) is 0.835. The summed E-state index contributed by atoms with van der Waals surface area (Å²) in [6.07, 6.45) is 3.44. The van der Waals surface area contributed by atoms with Crippen molar-refractivity contribution in [2.75, 3.05) is 31.1 Å². The lowest BCUT2D eigenvalue weighted by Crippen LogP contribution is -2.50. The summed E-state index contributed by atoms with van der Waals surface area (Å²) in [6.45, 7) is 3.00. The summed E-state index contributed by atoms with van der Waals surface area (Å²) in [5.41, 5.74) is -0.146. The van der Waals surface area contributed by atoms with E-state index < -0.39 is 0 Å². The van der Waals surface area contributed by atoms with Crippen LogP contribution in [0.4, 0.5) is 5.13 Å². The molecule has 1 saturated heterocycles. The highest BCUT2D eigenvalue weighted by Gasteiger charge is 2.22. The number of aromatic nitrogens is 2. The van der Waals surface area contributed by atoms with Gasteiger partial charge in [-0.2, -0.15) is 0 Å². The molecule has 0 spiro atoms. The van der Waals surface area contributed by atoms with Gasteiger partial charge >= 0.3 is 0 Å². The lowest BCUT2D eigenvalue weighted by atomic mass is 10.3. The van der Waals surface area contributed by atoms with Gasteiger partial charge in [-0.1, -0.05) is 6.07 Å². The fourth-order valence-corrected chi connectivity index (χ4v) is 3.05. The van der Waals surface area contributed by atoms with Crippen molar-refractivity contribution in [3.05, 3.63) is 46.3 Å². The van der Waals surface area contributed by atoms with Gasteiger partial charge in [-0.05, 0) is 6.07 Å². The van der Waals surface area contributed by atoms with Gasteiger partial charge in [-0.15, -0.1) is 11.3 Å². The predicted octanol–water partition coefficient (Wildman–Crippen LogP) is 0.654. The Morgan fingerprint density at radius 3 is 2.71 bits per heavy atom. The third-order valence-corrected chi connectivity index (χ3v) is 4.36. The summed E-state index contributed by atoms with van der Waals surface area (Å²) in [5.74, 6) is -0.0120. The van der Waals surface area contributed by atoms with E-state index in [1.807, 2.05) is 10.3 Å². The van der Waals surface area contributed by atoms with Crippen LogP contribution in [0, 0.1) is 0 Å². The Morgan fingerprint density at radius 2 is 2.05 bits per heavy atom. The second-order valence-electron chi connectivity index (χ2n) is 4.85. The largest absolute Gasteiger partial charge is 0.345 e. The zero-order valence-electron chi connectivity index (χ0n) is 11.5. The highest BCUT2D eigenvalue weighted by Crippen LogP contribution is 2.18. The van der Waals surface area contributed by atoms with Gasteiger partial charge < -0.3 is 14.4 Å². The number of hydrogen-bond acceptors (Lipinski definition) is 5. The Balaban J connectivity index is 1.58. The van der Waals surface area contributed by atoms with Crippen molar-refractivity contribution in [2.24, 2.45) is 0 Å². The molecule has 3 rings (SSSR count). The second kappa shape index (κ2) is 6.09. The molecular formula is C14H16N4O2S. The molecule has 1 aliphatic heterocycles. The third kappa shape index (κ3) is 3.13. The van der Waals surface area contributed by atoms with Crippen LogP contribution in [0.15, 0.2) is 40.8 Å². The number of anilines is 1. The number of pyridine rings is 1. The number of nitrogens with zero attached hydrogens (tertiary/aromatic N) is 4. The predicted molar refractivity (Wildman–Crippen MR) is 81.6 cm³/mol. The molecule has 6 nitrogen and oxygen atoms in total. The van der Waals surface area contributed by atoms with Crippen LogP contribution < -0.4 is 10.5 Å². The minimum Gasteiger partial charge on any atom is -0.345 e. The SMILES string of the molecule is O=C(Cn1ccccc1=O)N1CCN(c2nccs2)CC1. The summed E-state index contributed by atoms with van der Waals surface area (Å²) in [4.78, 5) is 32.1. The highest BCUT2D eigenvalue weighted by molar-refractivity contribution is 7.13. The summed E-state index contributed by atoms with van der Waals surface area (Å²) in [6, 6.07) is 4.90. The fourth-order valence-electron chi connectivity index (χ4n) is 2.36. The summed E-state index contributed by atoms with van der Waals surface area (Å²) < 4.78 is 1.44. The standard InChI is InChI=1S/C14H16N4O2S/c19-12-3-1-2-5-18(12)11-13(20)16-6-8-17(9-7-16)14-15-4-10-21-14/h1-5,10H,6-9,11H2. The van der Waals surface area contributed by atoms with Gasteiger partial charge in [-0.25, -0.2) is 4.98 Å². The first-order chi connectivity index (χ1) is 10.2. The average Bonchev–Trinajstić information content (AvgIpc) is 3.04. The van der Waals surface area contributed by atoms with Crippen molar-refractivity contribution in [1.29, 1.82) is 0 Å². The van der Waals surface area contributed by atoms with Crippen LogP contribution in [-0.2, 0) is 11.3 Å². The number of thiazole rings is 1. The van der Waals surface area contributed by atoms with E-state index in [0.29, 0.717) is 13.1 Å². The Morgan fingerprint density at radius 1 is 1.24 bits per heavy atom. The molecule has 0 bridgehead atoms. The number of hydrogen-bond donors (Lipinski definition) is 0. The average molecular weight is 304 g/mol. The van der Waals surface area contributed by atoms with Crippen molar-refractivity contribution in [3.8, 4) is 0 Å². The minimum atomic E-state index is -0.146. The van der Waals surface area contributed by atoms with Crippen molar-refractivity contribution < 1.29 is 4.79 Å². The molecule has 0 aromatic carbocycles. The smallest absolute Gasteiger partial charge is 0.250 e.